The van der Waals surface area contributed by atoms with Crippen molar-refractivity contribution in [1.29, 1.82) is 0 Å². The number of hydrogen-bond acceptors (Lipinski definition) is 7. The van der Waals surface area contributed by atoms with E-state index >= 15 is 0 Å². The number of nitrogens with one attached hydrogen (secondary N) is 1. The van der Waals surface area contributed by atoms with Gasteiger partial charge in [0.1, 0.15) is 10.6 Å². The first-order chi connectivity index (χ1) is 15.0. The maximum Gasteiger partial charge on any atom is 0.416 e. The Kier molecular flexibility index (Phi) is 7.31. The molecule has 170 valence electrons. The van der Waals surface area contributed by atoms with E-state index in [0.29, 0.717) is 34.4 Å². The van der Waals surface area contributed by atoms with Gasteiger partial charge in [-0.3, -0.25) is 4.79 Å². The minimum Gasteiger partial charge on any atom is -0.480 e. The van der Waals surface area contributed by atoms with Crippen LogP contribution in [0.25, 0.3) is 11.3 Å². The highest BCUT2D eigenvalue weighted by Gasteiger charge is 2.31. The van der Waals surface area contributed by atoms with Crippen molar-refractivity contribution in [3.05, 3.63) is 52.0 Å². The molecule has 0 bridgehead atoms. The normalized spacial score (nSPS) is 12.1. The largest absolute Gasteiger partial charge is 0.480 e. The van der Waals surface area contributed by atoms with Crippen molar-refractivity contribution in [3.8, 4) is 11.3 Å². The van der Waals surface area contributed by atoms with Crippen LogP contribution in [0.1, 0.15) is 25.1 Å². The van der Waals surface area contributed by atoms with Crippen LogP contribution in [0.3, 0.4) is 0 Å². The van der Waals surface area contributed by atoms with Crippen LogP contribution in [0, 0.1) is 0 Å². The topological polar surface area (TPSA) is 88.0 Å². The molecule has 12 heteroatoms. The van der Waals surface area contributed by atoms with E-state index in [1.807, 2.05) is 5.38 Å². The Bertz CT molecular complexity index is 1100. The number of aliphatic carboxylic acids is 1. The fourth-order valence-corrected chi connectivity index (χ4v) is 5.00. The molecule has 0 saturated carbocycles. The summed E-state index contributed by atoms with van der Waals surface area (Å²) < 4.78 is 38.1. The lowest BCUT2D eigenvalue weighted by Gasteiger charge is -2.15. The molecule has 32 heavy (non-hydrogen) atoms. The summed E-state index contributed by atoms with van der Waals surface area (Å²) in [6, 6.07) is 6.37. The fourth-order valence-electron chi connectivity index (χ4n) is 2.50. The standard InChI is InChI=1S/C20H18ClF3N4O2S2/c1-19(2,17(29)30)32-18-26-12(10-31-18)7-8-25-16-6-5-15(27-28-16)13-4-3-11(9-14(13)21)20(22,23)24/h3-6,9-10H,7-8H2,1-2H3,(H,25,28)(H,29,30). The Hall–Kier alpha value is -2.37. The van der Waals surface area contributed by atoms with Gasteiger partial charge < -0.3 is 10.4 Å². The Morgan fingerprint density at radius 3 is 2.56 bits per heavy atom. The van der Waals surface area contributed by atoms with Gasteiger partial charge in [-0.25, -0.2) is 4.98 Å². The number of halogens is 4. The van der Waals surface area contributed by atoms with Crippen LogP contribution in [0.15, 0.2) is 40.1 Å². The average molecular weight is 503 g/mol. The second-order valence-electron chi connectivity index (χ2n) is 7.20. The van der Waals surface area contributed by atoms with E-state index in [4.69, 9.17) is 11.6 Å². The fraction of sp³-hybridized carbons (Fsp3) is 0.300. The predicted octanol–water partition coefficient (Wildman–Crippen LogP) is 5.88. The van der Waals surface area contributed by atoms with Gasteiger partial charge in [0.25, 0.3) is 0 Å². The number of anilines is 1. The van der Waals surface area contributed by atoms with Crippen molar-refractivity contribution >= 4 is 46.5 Å². The van der Waals surface area contributed by atoms with Crippen molar-refractivity contribution in [2.45, 2.75) is 35.5 Å². The highest BCUT2D eigenvalue weighted by molar-refractivity contribution is 8.02. The highest BCUT2D eigenvalue weighted by atomic mass is 35.5. The van der Waals surface area contributed by atoms with Gasteiger partial charge in [-0.15, -0.1) is 21.5 Å². The number of rotatable bonds is 8. The van der Waals surface area contributed by atoms with Gasteiger partial charge in [-0.05, 0) is 38.1 Å². The number of aromatic nitrogens is 3. The molecule has 3 aromatic rings. The number of thiazole rings is 1. The molecule has 0 saturated heterocycles. The van der Waals surface area contributed by atoms with E-state index in [9.17, 15) is 23.1 Å². The van der Waals surface area contributed by atoms with Crippen LogP contribution in [0.2, 0.25) is 5.02 Å². The third-order valence-corrected chi connectivity index (χ3v) is 6.80. The molecule has 0 amide bonds. The van der Waals surface area contributed by atoms with Crippen molar-refractivity contribution in [3.63, 3.8) is 0 Å². The Morgan fingerprint density at radius 1 is 1.22 bits per heavy atom. The van der Waals surface area contributed by atoms with Gasteiger partial charge in [0.05, 0.1) is 22.0 Å². The zero-order valence-electron chi connectivity index (χ0n) is 16.9. The second-order valence-corrected chi connectivity index (χ2v) is 10.3. The predicted molar refractivity (Wildman–Crippen MR) is 119 cm³/mol. The van der Waals surface area contributed by atoms with Gasteiger partial charge in [0.15, 0.2) is 4.34 Å². The number of nitrogens with zero attached hydrogens (tertiary/aromatic N) is 3. The minimum atomic E-state index is -4.47. The van der Waals surface area contributed by atoms with Gasteiger partial charge in [0.2, 0.25) is 0 Å². The number of carboxylic acid groups (broad SMARTS) is 1. The lowest BCUT2D eigenvalue weighted by atomic mass is 10.1. The molecule has 0 atom stereocenters. The van der Waals surface area contributed by atoms with Crippen LogP contribution >= 0.6 is 34.7 Å². The van der Waals surface area contributed by atoms with Gasteiger partial charge in [-0.1, -0.05) is 29.4 Å². The summed E-state index contributed by atoms with van der Waals surface area (Å²) in [4.78, 5) is 15.7. The number of thioether (sulfide) groups is 1. The molecule has 3 rings (SSSR count). The maximum absolute atomic E-state index is 12.8. The molecule has 0 spiro atoms. The smallest absolute Gasteiger partial charge is 0.416 e. The maximum atomic E-state index is 12.8. The van der Waals surface area contributed by atoms with E-state index in [2.05, 4.69) is 20.5 Å². The van der Waals surface area contributed by atoms with Crippen LogP contribution in [-0.4, -0.2) is 37.5 Å². The summed E-state index contributed by atoms with van der Waals surface area (Å²) in [6.45, 7) is 3.77. The highest BCUT2D eigenvalue weighted by Crippen LogP contribution is 2.36. The third-order valence-electron chi connectivity index (χ3n) is 4.31. The Labute approximate surface area is 195 Å². The lowest BCUT2D eigenvalue weighted by molar-refractivity contribution is -0.139. The zero-order valence-corrected chi connectivity index (χ0v) is 19.3. The van der Waals surface area contributed by atoms with E-state index < -0.39 is 22.5 Å². The zero-order chi connectivity index (χ0) is 23.5. The molecular formula is C20H18ClF3N4O2S2. The van der Waals surface area contributed by atoms with Crippen LogP contribution in [0.5, 0.6) is 0 Å². The number of carboxylic acids is 1. The molecule has 2 N–H and O–H groups in total. The monoisotopic (exact) mass is 502 g/mol. The molecule has 6 nitrogen and oxygen atoms in total. The number of hydrogen-bond donors (Lipinski definition) is 2. The molecule has 0 aliphatic rings. The van der Waals surface area contributed by atoms with Gasteiger partial charge >= 0.3 is 12.1 Å². The molecular weight excluding hydrogens is 485 g/mol. The van der Waals surface area contributed by atoms with Crippen molar-refractivity contribution in [2.75, 3.05) is 11.9 Å². The second kappa shape index (κ2) is 9.63. The summed E-state index contributed by atoms with van der Waals surface area (Å²) in [5.41, 5.74) is 0.715. The number of carbonyl (C=O) groups is 1. The summed E-state index contributed by atoms with van der Waals surface area (Å²) in [5.74, 6) is -0.408. The van der Waals surface area contributed by atoms with Crippen LogP contribution in [-0.2, 0) is 17.4 Å². The molecule has 1 aromatic carbocycles. The summed E-state index contributed by atoms with van der Waals surface area (Å²) in [7, 11) is 0. The van der Waals surface area contributed by atoms with Crippen molar-refractivity contribution in [1.82, 2.24) is 15.2 Å². The SMILES string of the molecule is CC(C)(Sc1nc(CCNc2ccc(-c3ccc(C(F)(F)F)cc3Cl)nn2)cs1)C(=O)O. The molecule has 0 unspecified atom stereocenters. The quantitative estimate of drug-likeness (QED) is 0.372. The van der Waals surface area contributed by atoms with E-state index in [1.54, 1.807) is 26.0 Å². The minimum absolute atomic E-state index is 0.0573. The molecule has 0 aliphatic heterocycles. The first kappa shape index (κ1) is 24.3. The summed E-state index contributed by atoms with van der Waals surface area (Å²) in [5, 5.41) is 22.2. The van der Waals surface area contributed by atoms with Crippen LogP contribution < -0.4 is 5.32 Å². The average Bonchev–Trinajstić information content (AvgIpc) is 3.14. The lowest BCUT2D eigenvalue weighted by Crippen LogP contribution is -2.26. The van der Waals surface area contributed by atoms with Crippen LogP contribution in [0.4, 0.5) is 19.0 Å². The third kappa shape index (κ3) is 6.11. The molecule has 2 heterocycles. The molecule has 0 aliphatic carbocycles. The summed E-state index contributed by atoms with van der Waals surface area (Å²) >= 11 is 8.59. The van der Waals surface area contributed by atoms with Crippen molar-refractivity contribution in [2.24, 2.45) is 0 Å². The molecule has 0 fully saturated rings. The van der Waals surface area contributed by atoms with E-state index in [0.717, 1.165) is 17.8 Å². The van der Waals surface area contributed by atoms with E-state index in [-0.39, 0.29) is 5.02 Å². The first-order valence-electron chi connectivity index (χ1n) is 9.27. The molecule has 0 radical (unpaired) electrons. The van der Waals surface area contributed by atoms with Gasteiger partial charge in [0, 0.05) is 23.9 Å². The molecule has 2 aromatic heterocycles. The first-order valence-corrected chi connectivity index (χ1v) is 11.3. The Morgan fingerprint density at radius 2 is 1.97 bits per heavy atom. The van der Waals surface area contributed by atoms with E-state index in [1.165, 1.54) is 29.2 Å². The van der Waals surface area contributed by atoms with Crippen molar-refractivity contribution < 1.29 is 23.1 Å². The number of alkyl halides is 3. The number of benzene rings is 1. The summed E-state index contributed by atoms with van der Waals surface area (Å²) in [6.07, 6.45) is -3.87. The van der Waals surface area contributed by atoms with Gasteiger partial charge in [-0.2, -0.15) is 13.2 Å². The Balaban J connectivity index is 1.57.